The molecular formula is C12H15N3O2. The molecule has 5 heteroatoms. The van der Waals surface area contributed by atoms with E-state index >= 15 is 0 Å². The molecule has 0 saturated carbocycles. The molecule has 0 fully saturated rings. The number of amides is 1. The molecule has 3 N–H and O–H groups in total. The molecule has 0 aliphatic heterocycles. The van der Waals surface area contributed by atoms with Crippen LogP contribution < -0.4 is 15.8 Å². The largest absolute Gasteiger partial charge is 0.492 e. The molecule has 1 aromatic rings. The Kier molecular flexibility index (Phi) is 4.82. The van der Waals surface area contributed by atoms with Crippen LogP contribution in [0.1, 0.15) is 18.9 Å². The Labute approximate surface area is 100 Å². The molecule has 5 nitrogen and oxygen atoms in total. The van der Waals surface area contributed by atoms with Crippen molar-refractivity contribution in [3.8, 4) is 11.8 Å². The van der Waals surface area contributed by atoms with E-state index in [9.17, 15) is 4.79 Å². The SMILES string of the molecule is CCNC(=O)CCOc1ccc(N)cc1C#N. The number of carbonyl (C=O) groups excluding carboxylic acids is 1. The van der Waals surface area contributed by atoms with E-state index in [0.29, 0.717) is 23.5 Å². The van der Waals surface area contributed by atoms with E-state index in [1.54, 1.807) is 18.2 Å². The minimum absolute atomic E-state index is 0.0681. The molecule has 0 aliphatic rings. The predicted molar refractivity (Wildman–Crippen MR) is 64.4 cm³/mol. The first-order chi connectivity index (χ1) is 8.17. The fraction of sp³-hybridized carbons (Fsp3) is 0.333. The summed E-state index contributed by atoms with van der Waals surface area (Å²) in [5, 5.41) is 11.5. The summed E-state index contributed by atoms with van der Waals surface area (Å²) in [6, 6.07) is 6.82. The molecule has 1 rings (SSSR count). The standard InChI is InChI=1S/C12H15N3O2/c1-2-15-12(16)5-6-17-11-4-3-10(14)7-9(11)8-13/h3-4,7H,2,5-6,14H2,1H3,(H,15,16). The van der Waals surface area contributed by atoms with Crippen LogP contribution in [0.4, 0.5) is 5.69 Å². The van der Waals surface area contributed by atoms with Crippen molar-refractivity contribution in [1.29, 1.82) is 5.26 Å². The Balaban J connectivity index is 2.52. The number of nitrogens with zero attached hydrogens (tertiary/aromatic N) is 1. The molecule has 0 atom stereocenters. The van der Waals surface area contributed by atoms with Gasteiger partial charge in [-0.15, -0.1) is 0 Å². The van der Waals surface area contributed by atoms with E-state index < -0.39 is 0 Å². The second-order valence-electron chi connectivity index (χ2n) is 3.42. The van der Waals surface area contributed by atoms with Crippen LogP contribution in [0.3, 0.4) is 0 Å². The normalized spacial score (nSPS) is 9.41. The fourth-order valence-corrected chi connectivity index (χ4v) is 1.30. The number of hydrogen-bond donors (Lipinski definition) is 2. The molecule has 0 spiro atoms. The average Bonchev–Trinajstić information content (AvgIpc) is 2.31. The zero-order valence-corrected chi connectivity index (χ0v) is 9.69. The molecule has 0 saturated heterocycles. The van der Waals surface area contributed by atoms with Crippen LogP contribution in [-0.4, -0.2) is 19.1 Å². The predicted octanol–water partition coefficient (Wildman–Crippen LogP) is 1.05. The lowest BCUT2D eigenvalue weighted by atomic mass is 10.2. The minimum atomic E-state index is -0.0681. The van der Waals surface area contributed by atoms with E-state index in [1.165, 1.54) is 0 Å². The maximum Gasteiger partial charge on any atom is 0.223 e. The molecule has 0 aliphatic carbocycles. The molecule has 0 bridgehead atoms. The third-order valence-corrected chi connectivity index (χ3v) is 2.08. The third kappa shape index (κ3) is 4.03. The van der Waals surface area contributed by atoms with Gasteiger partial charge in [-0.05, 0) is 25.1 Å². The van der Waals surface area contributed by atoms with E-state index in [1.807, 2.05) is 13.0 Å². The number of benzene rings is 1. The zero-order chi connectivity index (χ0) is 12.7. The van der Waals surface area contributed by atoms with Crippen molar-refractivity contribution in [2.45, 2.75) is 13.3 Å². The second-order valence-corrected chi connectivity index (χ2v) is 3.42. The molecule has 0 heterocycles. The van der Waals surface area contributed by atoms with Crippen molar-refractivity contribution in [1.82, 2.24) is 5.32 Å². The third-order valence-electron chi connectivity index (χ3n) is 2.08. The highest BCUT2D eigenvalue weighted by atomic mass is 16.5. The van der Waals surface area contributed by atoms with E-state index in [-0.39, 0.29) is 18.9 Å². The van der Waals surface area contributed by atoms with E-state index in [0.717, 1.165) is 0 Å². The summed E-state index contributed by atoms with van der Waals surface area (Å²) in [5.41, 5.74) is 6.44. The maximum absolute atomic E-state index is 11.2. The van der Waals surface area contributed by atoms with Crippen LogP contribution in [0.5, 0.6) is 5.75 Å². The van der Waals surface area contributed by atoms with Gasteiger partial charge < -0.3 is 15.8 Å². The Bertz CT molecular complexity index is 438. The summed E-state index contributed by atoms with van der Waals surface area (Å²) < 4.78 is 5.36. The van der Waals surface area contributed by atoms with E-state index in [2.05, 4.69) is 5.32 Å². The highest BCUT2D eigenvalue weighted by Crippen LogP contribution is 2.20. The maximum atomic E-state index is 11.2. The monoisotopic (exact) mass is 233 g/mol. The molecule has 0 aromatic heterocycles. The molecule has 1 amide bonds. The van der Waals surface area contributed by atoms with Crippen molar-refractivity contribution >= 4 is 11.6 Å². The number of anilines is 1. The lowest BCUT2D eigenvalue weighted by Crippen LogP contribution is -2.24. The Morgan fingerprint density at radius 3 is 3.00 bits per heavy atom. The summed E-state index contributed by atoms with van der Waals surface area (Å²) in [4.78, 5) is 11.2. The minimum Gasteiger partial charge on any atom is -0.492 e. The average molecular weight is 233 g/mol. The lowest BCUT2D eigenvalue weighted by molar-refractivity contribution is -0.121. The zero-order valence-electron chi connectivity index (χ0n) is 9.69. The van der Waals surface area contributed by atoms with Gasteiger partial charge in [0.05, 0.1) is 18.6 Å². The van der Waals surface area contributed by atoms with Gasteiger partial charge in [0.25, 0.3) is 0 Å². The Hall–Kier alpha value is -2.22. The first-order valence-corrected chi connectivity index (χ1v) is 5.36. The van der Waals surface area contributed by atoms with Crippen molar-refractivity contribution < 1.29 is 9.53 Å². The van der Waals surface area contributed by atoms with Gasteiger partial charge in [-0.2, -0.15) is 5.26 Å². The summed E-state index contributed by atoms with van der Waals surface area (Å²) >= 11 is 0. The van der Waals surface area contributed by atoms with Crippen LogP contribution in [0.2, 0.25) is 0 Å². The van der Waals surface area contributed by atoms with Crippen LogP contribution in [0.25, 0.3) is 0 Å². The van der Waals surface area contributed by atoms with Crippen LogP contribution in [0.15, 0.2) is 18.2 Å². The molecular weight excluding hydrogens is 218 g/mol. The van der Waals surface area contributed by atoms with Gasteiger partial charge in [0.2, 0.25) is 5.91 Å². The van der Waals surface area contributed by atoms with Crippen LogP contribution >= 0.6 is 0 Å². The molecule has 0 unspecified atom stereocenters. The molecule has 0 radical (unpaired) electrons. The smallest absolute Gasteiger partial charge is 0.223 e. The molecule has 1 aromatic carbocycles. The summed E-state index contributed by atoms with van der Waals surface area (Å²) in [5.74, 6) is 0.382. The van der Waals surface area contributed by atoms with Crippen molar-refractivity contribution in [2.75, 3.05) is 18.9 Å². The quantitative estimate of drug-likeness (QED) is 0.744. The van der Waals surface area contributed by atoms with Gasteiger partial charge in [0, 0.05) is 12.2 Å². The van der Waals surface area contributed by atoms with Crippen molar-refractivity contribution in [2.24, 2.45) is 0 Å². The molecule has 17 heavy (non-hydrogen) atoms. The highest BCUT2D eigenvalue weighted by Gasteiger charge is 2.05. The van der Waals surface area contributed by atoms with E-state index in [4.69, 9.17) is 15.7 Å². The summed E-state index contributed by atoms with van der Waals surface area (Å²) in [6.45, 7) is 2.70. The summed E-state index contributed by atoms with van der Waals surface area (Å²) in [6.07, 6.45) is 0.267. The van der Waals surface area contributed by atoms with Gasteiger partial charge >= 0.3 is 0 Å². The summed E-state index contributed by atoms with van der Waals surface area (Å²) in [7, 11) is 0. The number of nitrogen functional groups attached to an aromatic ring is 1. The first-order valence-electron chi connectivity index (χ1n) is 5.36. The van der Waals surface area contributed by atoms with Gasteiger partial charge in [-0.3, -0.25) is 4.79 Å². The first kappa shape index (κ1) is 12.8. The van der Waals surface area contributed by atoms with Gasteiger partial charge in [0.15, 0.2) is 0 Å². The number of nitrogens with two attached hydrogens (primary N) is 1. The van der Waals surface area contributed by atoms with Gasteiger partial charge in [-0.1, -0.05) is 0 Å². The topological polar surface area (TPSA) is 88.1 Å². The molecule has 90 valence electrons. The van der Waals surface area contributed by atoms with Gasteiger partial charge in [-0.25, -0.2) is 0 Å². The van der Waals surface area contributed by atoms with Crippen LogP contribution in [-0.2, 0) is 4.79 Å². The van der Waals surface area contributed by atoms with Crippen LogP contribution in [0, 0.1) is 11.3 Å². The van der Waals surface area contributed by atoms with Crippen molar-refractivity contribution in [3.63, 3.8) is 0 Å². The Morgan fingerprint density at radius 2 is 2.35 bits per heavy atom. The number of nitriles is 1. The lowest BCUT2D eigenvalue weighted by Gasteiger charge is -2.08. The Morgan fingerprint density at radius 1 is 1.59 bits per heavy atom. The number of ether oxygens (including phenoxy) is 1. The highest BCUT2D eigenvalue weighted by molar-refractivity contribution is 5.75. The fourth-order valence-electron chi connectivity index (χ4n) is 1.30. The van der Waals surface area contributed by atoms with Gasteiger partial charge in [0.1, 0.15) is 11.8 Å². The number of carbonyl (C=O) groups is 1. The second kappa shape index (κ2) is 6.38. The van der Waals surface area contributed by atoms with Crippen molar-refractivity contribution in [3.05, 3.63) is 23.8 Å². The number of hydrogen-bond acceptors (Lipinski definition) is 4. The number of rotatable bonds is 5. The number of nitrogens with one attached hydrogen (secondary N) is 1.